The Hall–Kier alpha value is -2.58. The van der Waals surface area contributed by atoms with E-state index in [1.807, 2.05) is 32.0 Å². The Bertz CT molecular complexity index is 1050. The highest BCUT2D eigenvalue weighted by molar-refractivity contribution is 7.89. The van der Waals surface area contributed by atoms with Crippen molar-refractivity contribution < 1.29 is 22.7 Å². The summed E-state index contributed by atoms with van der Waals surface area (Å²) < 4.78 is 38.6. The lowest BCUT2D eigenvalue weighted by molar-refractivity contribution is -0.126. The van der Waals surface area contributed by atoms with Gasteiger partial charge in [-0.2, -0.15) is 4.31 Å². The molecule has 7 nitrogen and oxygen atoms in total. The molecule has 0 aromatic heterocycles. The van der Waals surface area contributed by atoms with Crippen LogP contribution >= 0.6 is 0 Å². The van der Waals surface area contributed by atoms with Crippen LogP contribution in [-0.2, 0) is 14.8 Å². The molecule has 166 valence electrons. The number of sulfonamides is 1. The minimum atomic E-state index is -3.61. The summed E-state index contributed by atoms with van der Waals surface area (Å²) in [6, 6.07) is 12.2. The van der Waals surface area contributed by atoms with E-state index in [4.69, 9.17) is 9.47 Å². The predicted octanol–water partition coefficient (Wildman–Crippen LogP) is 3.04. The van der Waals surface area contributed by atoms with E-state index in [2.05, 4.69) is 5.32 Å². The van der Waals surface area contributed by atoms with Crippen molar-refractivity contribution in [3.8, 4) is 11.5 Å². The Kier molecular flexibility index (Phi) is 6.20. The van der Waals surface area contributed by atoms with Gasteiger partial charge in [0.1, 0.15) is 13.2 Å². The molecule has 2 aromatic rings. The van der Waals surface area contributed by atoms with Crippen LogP contribution in [-0.4, -0.2) is 44.9 Å². The zero-order valence-corrected chi connectivity index (χ0v) is 18.7. The van der Waals surface area contributed by atoms with Gasteiger partial charge in [-0.25, -0.2) is 8.42 Å². The number of rotatable bonds is 5. The molecular formula is C23H28N2O5S. The molecule has 0 bridgehead atoms. The Labute approximate surface area is 183 Å². The highest BCUT2D eigenvalue weighted by Gasteiger charge is 2.33. The second-order valence-electron chi connectivity index (χ2n) is 8.15. The lowest BCUT2D eigenvalue weighted by Crippen LogP contribution is -2.45. The van der Waals surface area contributed by atoms with Gasteiger partial charge in [-0.15, -0.1) is 0 Å². The van der Waals surface area contributed by atoms with Crippen molar-refractivity contribution >= 4 is 15.9 Å². The molecule has 0 saturated carbocycles. The molecule has 2 heterocycles. The maximum absolute atomic E-state index is 13.0. The van der Waals surface area contributed by atoms with Crippen LogP contribution in [0.2, 0.25) is 0 Å². The fourth-order valence-corrected chi connectivity index (χ4v) is 5.50. The summed E-state index contributed by atoms with van der Waals surface area (Å²) in [5.41, 5.74) is 1.92. The minimum Gasteiger partial charge on any atom is -0.486 e. The third kappa shape index (κ3) is 4.70. The maximum Gasteiger partial charge on any atom is 0.243 e. The molecule has 2 aromatic carbocycles. The number of nitrogens with zero attached hydrogens (tertiary/aromatic N) is 1. The zero-order valence-electron chi connectivity index (χ0n) is 17.8. The highest BCUT2D eigenvalue weighted by atomic mass is 32.2. The molecule has 2 atom stereocenters. The quantitative estimate of drug-likeness (QED) is 0.766. The summed E-state index contributed by atoms with van der Waals surface area (Å²) in [6.07, 6.45) is 1.32. The fourth-order valence-electron chi connectivity index (χ4n) is 3.98. The topological polar surface area (TPSA) is 84.9 Å². The standard InChI is InChI=1S/C23H28N2O5S/c1-16-5-8-20(9-6-16)31(27,28)25-11-3-4-19(15-25)23(26)24-17(2)18-7-10-21-22(14-18)30-13-12-29-21/h5-10,14,17,19H,3-4,11-13,15H2,1-2H3,(H,24,26)/t17-,19-/m0/s1. The van der Waals surface area contributed by atoms with Crippen molar-refractivity contribution in [2.45, 2.75) is 37.6 Å². The first-order chi connectivity index (χ1) is 14.8. The average molecular weight is 445 g/mol. The van der Waals surface area contributed by atoms with Gasteiger partial charge < -0.3 is 14.8 Å². The highest BCUT2D eigenvalue weighted by Crippen LogP contribution is 2.33. The van der Waals surface area contributed by atoms with Gasteiger partial charge >= 0.3 is 0 Å². The lowest BCUT2D eigenvalue weighted by atomic mass is 9.97. The fraction of sp³-hybridized carbons (Fsp3) is 0.435. The zero-order chi connectivity index (χ0) is 22.0. The maximum atomic E-state index is 13.0. The Morgan fingerprint density at radius 3 is 2.55 bits per heavy atom. The summed E-state index contributed by atoms with van der Waals surface area (Å²) in [7, 11) is -3.61. The summed E-state index contributed by atoms with van der Waals surface area (Å²) in [6.45, 7) is 5.48. The Morgan fingerprint density at radius 2 is 1.81 bits per heavy atom. The molecule has 0 radical (unpaired) electrons. The van der Waals surface area contributed by atoms with Crippen LogP contribution in [0.5, 0.6) is 11.5 Å². The summed E-state index contributed by atoms with van der Waals surface area (Å²) in [5.74, 6) is 0.871. The number of amides is 1. The van der Waals surface area contributed by atoms with Crippen LogP contribution in [0, 0.1) is 12.8 Å². The van der Waals surface area contributed by atoms with Gasteiger partial charge in [0.2, 0.25) is 15.9 Å². The van der Waals surface area contributed by atoms with Gasteiger partial charge in [-0.1, -0.05) is 23.8 Å². The second kappa shape index (κ2) is 8.88. The van der Waals surface area contributed by atoms with E-state index in [-0.39, 0.29) is 29.3 Å². The van der Waals surface area contributed by atoms with E-state index in [1.165, 1.54) is 4.31 Å². The Balaban J connectivity index is 1.42. The number of piperidine rings is 1. The first-order valence-electron chi connectivity index (χ1n) is 10.6. The summed E-state index contributed by atoms with van der Waals surface area (Å²) in [4.78, 5) is 13.2. The number of aryl methyl sites for hydroxylation is 1. The van der Waals surface area contributed by atoms with Crippen molar-refractivity contribution in [2.75, 3.05) is 26.3 Å². The molecule has 0 unspecified atom stereocenters. The number of carbonyl (C=O) groups is 1. The van der Waals surface area contributed by atoms with E-state index >= 15 is 0 Å². The van der Waals surface area contributed by atoms with Crippen molar-refractivity contribution in [3.05, 3.63) is 53.6 Å². The number of fused-ring (bicyclic) bond motifs is 1. The van der Waals surface area contributed by atoms with E-state index in [0.29, 0.717) is 44.1 Å². The average Bonchev–Trinajstić information content (AvgIpc) is 2.79. The molecule has 2 aliphatic heterocycles. The first-order valence-corrected chi connectivity index (χ1v) is 12.1. The molecule has 1 saturated heterocycles. The van der Waals surface area contributed by atoms with Crippen LogP contribution in [0.3, 0.4) is 0 Å². The molecular weight excluding hydrogens is 416 g/mol. The molecule has 1 N–H and O–H groups in total. The lowest BCUT2D eigenvalue weighted by Gasteiger charge is -2.32. The third-order valence-electron chi connectivity index (χ3n) is 5.84. The van der Waals surface area contributed by atoms with E-state index in [1.54, 1.807) is 24.3 Å². The van der Waals surface area contributed by atoms with Crippen molar-refractivity contribution in [1.82, 2.24) is 9.62 Å². The van der Waals surface area contributed by atoms with Crippen LogP contribution in [0.25, 0.3) is 0 Å². The third-order valence-corrected chi connectivity index (χ3v) is 7.72. The summed E-state index contributed by atoms with van der Waals surface area (Å²) >= 11 is 0. The van der Waals surface area contributed by atoms with Gasteiger partial charge in [0, 0.05) is 13.1 Å². The minimum absolute atomic E-state index is 0.133. The van der Waals surface area contributed by atoms with E-state index in [0.717, 1.165) is 11.1 Å². The number of hydrogen-bond donors (Lipinski definition) is 1. The number of ether oxygens (including phenoxy) is 2. The number of carbonyl (C=O) groups excluding carboxylic acids is 1. The number of hydrogen-bond acceptors (Lipinski definition) is 5. The normalized spacial score (nSPS) is 20.1. The molecule has 4 rings (SSSR count). The molecule has 0 spiro atoms. The van der Waals surface area contributed by atoms with Gasteiger partial charge in [0.15, 0.2) is 11.5 Å². The number of benzene rings is 2. The number of nitrogens with one attached hydrogen (secondary N) is 1. The first kappa shape index (κ1) is 21.6. The molecule has 0 aliphatic carbocycles. The molecule has 2 aliphatic rings. The van der Waals surface area contributed by atoms with E-state index in [9.17, 15) is 13.2 Å². The largest absolute Gasteiger partial charge is 0.486 e. The monoisotopic (exact) mass is 444 g/mol. The molecule has 1 fully saturated rings. The smallest absolute Gasteiger partial charge is 0.243 e. The second-order valence-corrected chi connectivity index (χ2v) is 10.1. The SMILES string of the molecule is Cc1ccc(S(=O)(=O)N2CCC[C@H](C(=O)N[C@@H](C)c3ccc4c(c3)OCCO4)C2)cc1. The van der Waals surface area contributed by atoms with Crippen LogP contribution in [0.15, 0.2) is 47.4 Å². The molecule has 31 heavy (non-hydrogen) atoms. The van der Waals surface area contributed by atoms with E-state index < -0.39 is 10.0 Å². The van der Waals surface area contributed by atoms with Gasteiger partial charge in [0.25, 0.3) is 0 Å². The van der Waals surface area contributed by atoms with Crippen LogP contribution in [0.4, 0.5) is 0 Å². The predicted molar refractivity (Wildman–Crippen MR) is 117 cm³/mol. The van der Waals surface area contributed by atoms with Crippen LogP contribution < -0.4 is 14.8 Å². The molecule has 8 heteroatoms. The van der Waals surface area contributed by atoms with Crippen LogP contribution in [0.1, 0.15) is 36.9 Å². The summed E-state index contributed by atoms with van der Waals surface area (Å²) in [5, 5.41) is 3.04. The van der Waals surface area contributed by atoms with Crippen molar-refractivity contribution in [2.24, 2.45) is 5.92 Å². The van der Waals surface area contributed by atoms with Gasteiger partial charge in [-0.05, 0) is 56.5 Å². The van der Waals surface area contributed by atoms with Crippen molar-refractivity contribution in [3.63, 3.8) is 0 Å². The van der Waals surface area contributed by atoms with Gasteiger partial charge in [-0.3, -0.25) is 4.79 Å². The van der Waals surface area contributed by atoms with Crippen molar-refractivity contribution in [1.29, 1.82) is 0 Å². The molecule has 1 amide bonds. The Morgan fingerprint density at radius 1 is 1.10 bits per heavy atom. The van der Waals surface area contributed by atoms with Gasteiger partial charge in [0.05, 0.1) is 16.9 Å².